The average molecular weight is 361 g/mol. The molecule has 0 aliphatic carbocycles. The second-order valence-corrected chi connectivity index (χ2v) is 6.70. The number of aromatic nitrogens is 1. The molecule has 2 aromatic rings. The fraction of sp³-hybridized carbons (Fsp3) is 0.368. The molecule has 0 spiro atoms. The summed E-state index contributed by atoms with van der Waals surface area (Å²) in [6, 6.07) is 7.64. The molecule has 1 saturated heterocycles. The molecule has 1 N–H and O–H groups in total. The largest absolute Gasteiger partial charge is 0.497 e. The molecule has 1 aromatic heterocycles. The van der Waals surface area contributed by atoms with Crippen molar-refractivity contribution >= 4 is 17.5 Å². The maximum Gasteiger partial charge on any atom is 0.261 e. The Bertz CT molecular complexity index is 875. The molecule has 25 heavy (non-hydrogen) atoms. The summed E-state index contributed by atoms with van der Waals surface area (Å²) in [5, 5.41) is 0.431. The van der Waals surface area contributed by atoms with Crippen LogP contribution in [0.3, 0.4) is 0 Å². The number of nitrogens with zero attached hydrogens (tertiary/aromatic N) is 1. The third-order valence-electron chi connectivity index (χ3n) is 4.77. The van der Waals surface area contributed by atoms with Gasteiger partial charge in [-0.25, -0.2) is 0 Å². The minimum atomic E-state index is -0.388. The number of methoxy groups -OCH3 is 1. The number of nitrogens with one attached hydrogen (secondary N) is 1. The van der Waals surface area contributed by atoms with Crippen molar-refractivity contribution in [1.82, 2.24) is 9.88 Å². The lowest BCUT2D eigenvalue weighted by atomic mass is 10.0. The number of hydrogen-bond donors (Lipinski definition) is 1. The van der Waals surface area contributed by atoms with Crippen molar-refractivity contribution < 1.29 is 9.53 Å². The van der Waals surface area contributed by atoms with Crippen molar-refractivity contribution in [3.05, 3.63) is 62.0 Å². The van der Waals surface area contributed by atoms with Crippen LogP contribution in [0.25, 0.3) is 0 Å². The van der Waals surface area contributed by atoms with E-state index in [2.05, 4.69) is 4.98 Å². The van der Waals surface area contributed by atoms with Gasteiger partial charge in [0.15, 0.2) is 0 Å². The van der Waals surface area contributed by atoms with Crippen LogP contribution in [0.1, 0.15) is 46.1 Å². The Morgan fingerprint density at radius 2 is 2.12 bits per heavy atom. The number of halogens is 1. The zero-order valence-electron chi connectivity index (χ0n) is 14.6. The molecule has 1 fully saturated rings. The van der Waals surface area contributed by atoms with E-state index in [-0.39, 0.29) is 23.1 Å². The molecule has 1 aliphatic rings. The molecule has 1 unspecified atom stereocenters. The smallest absolute Gasteiger partial charge is 0.261 e. The second-order valence-electron chi connectivity index (χ2n) is 6.33. The number of benzene rings is 1. The van der Waals surface area contributed by atoms with Gasteiger partial charge in [-0.15, -0.1) is 0 Å². The van der Waals surface area contributed by atoms with Crippen molar-refractivity contribution in [2.24, 2.45) is 0 Å². The van der Waals surface area contributed by atoms with Crippen LogP contribution in [0.4, 0.5) is 0 Å². The Hall–Kier alpha value is -2.27. The van der Waals surface area contributed by atoms with Crippen LogP contribution in [-0.4, -0.2) is 29.4 Å². The van der Waals surface area contributed by atoms with Crippen LogP contribution < -0.4 is 10.3 Å². The highest BCUT2D eigenvalue weighted by atomic mass is 35.5. The monoisotopic (exact) mass is 360 g/mol. The predicted molar refractivity (Wildman–Crippen MR) is 97.6 cm³/mol. The molecular weight excluding hydrogens is 340 g/mol. The highest BCUT2D eigenvalue weighted by Gasteiger charge is 2.33. The number of ether oxygens (including phenoxy) is 1. The SMILES string of the molecule is COc1cccc(C2CCCN2C(=O)c2c(C)c(Cl)c(C)[nH]c2=O)c1. The number of pyridine rings is 1. The van der Waals surface area contributed by atoms with Gasteiger partial charge in [-0.05, 0) is 49.9 Å². The molecule has 2 heterocycles. The van der Waals surface area contributed by atoms with Crippen LogP contribution in [0.2, 0.25) is 5.02 Å². The molecule has 1 aliphatic heterocycles. The van der Waals surface area contributed by atoms with Crippen molar-refractivity contribution in [2.45, 2.75) is 32.7 Å². The number of carbonyl (C=O) groups is 1. The number of aryl methyl sites for hydroxylation is 1. The highest BCUT2D eigenvalue weighted by Crippen LogP contribution is 2.35. The molecule has 0 radical (unpaired) electrons. The number of aromatic amines is 1. The summed E-state index contributed by atoms with van der Waals surface area (Å²) < 4.78 is 5.29. The van der Waals surface area contributed by atoms with Crippen molar-refractivity contribution in [2.75, 3.05) is 13.7 Å². The molecular formula is C19H21ClN2O3. The number of carbonyl (C=O) groups excluding carboxylic acids is 1. The van der Waals surface area contributed by atoms with Crippen molar-refractivity contribution in [3.63, 3.8) is 0 Å². The first-order chi connectivity index (χ1) is 11.9. The van der Waals surface area contributed by atoms with E-state index in [1.54, 1.807) is 25.9 Å². The summed E-state index contributed by atoms with van der Waals surface area (Å²) in [4.78, 5) is 29.9. The van der Waals surface area contributed by atoms with Crippen molar-refractivity contribution in [3.8, 4) is 5.75 Å². The number of H-pyrrole nitrogens is 1. The fourth-order valence-corrected chi connectivity index (χ4v) is 3.60. The quantitative estimate of drug-likeness (QED) is 0.909. The lowest BCUT2D eigenvalue weighted by Gasteiger charge is -2.26. The van der Waals surface area contributed by atoms with Crippen LogP contribution >= 0.6 is 11.6 Å². The standard InChI is InChI=1S/C19H21ClN2O3/c1-11-16(18(23)21-12(2)17(11)20)19(24)22-9-5-8-15(22)13-6-4-7-14(10-13)25-3/h4,6-7,10,15H,5,8-9H2,1-3H3,(H,21,23). The Morgan fingerprint density at radius 1 is 1.36 bits per heavy atom. The highest BCUT2D eigenvalue weighted by molar-refractivity contribution is 6.32. The number of hydrogen-bond acceptors (Lipinski definition) is 3. The van der Waals surface area contributed by atoms with E-state index in [1.165, 1.54) is 0 Å². The van der Waals surface area contributed by atoms with E-state index < -0.39 is 0 Å². The minimum Gasteiger partial charge on any atom is -0.497 e. The number of rotatable bonds is 3. The average Bonchev–Trinajstić information content (AvgIpc) is 3.09. The molecule has 0 saturated carbocycles. The summed E-state index contributed by atoms with van der Waals surface area (Å²) in [7, 11) is 1.62. The number of likely N-dealkylation sites (tertiary alicyclic amines) is 1. The summed E-state index contributed by atoms with van der Waals surface area (Å²) >= 11 is 6.24. The Labute approximate surface area is 151 Å². The normalized spacial score (nSPS) is 17.0. The predicted octanol–water partition coefficient (Wildman–Crippen LogP) is 3.63. The lowest BCUT2D eigenvalue weighted by molar-refractivity contribution is 0.0733. The first kappa shape index (κ1) is 17.5. The summed E-state index contributed by atoms with van der Waals surface area (Å²) in [5.74, 6) is 0.482. The molecule has 5 nitrogen and oxygen atoms in total. The molecule has 1 aromatic carbocycles. The Morgan fingerprint density at radius 3 is 2.84 bits per heavy atom. The number of amides is 1. The van der Waals surface area contributed by atoms with Gasteiger partial charge in [-0.3, -0.25) is 9.59 Å². The minimum absolute atomic E-state index is 0.0681. The Kier molecular flexibility index (Phi) is 4.86. The van der Waals surface area contributed by atoms with E-state index in [1.807, 2.05) is 24.3 Å². The molecule has 6 heteroatoms. The lowest BCUT2D eigenvalue weighted by Crippen LogP contribution is -2.35. The van der Waals surface area contributed by atoms with Gasteiger partial charge >= 0.3 is 0 Å². The van der Waals surface area contributed by atoms with E-state index >= 15 is 0 Å². The van der Waals surface area contributed by atoms with Gasteiger partial charge in [-0.1, -0.05) is 23.7 Å². The molecule has 1 atom stereocenters. The van der Waals surface area contributed by atoms with Crippen LogP contribution in [0.15, 0.2) is 29.1 Å². The summed E-state index contributed by atoms with van der Waals surface area (Å²) in [6.45, 7) is 4.05. The zero-order chi connectivity index (χ0) is 18.1. The molecule has 3 rings (SSSR count). The van der Waals surface area contributed by atoms with Gasteiger partial charge in [0.2, 0.25) is 0 Å². The third kappa shape index (κ3) is 3.16. The van der Waals surface area contributed by atoms with Gasteiger partial charge in [0, 0.05) is 12.2 Å². The topological polar surface area (TPSA) is 62.4 Å². The molecule has 132 valence electrons. The summed E-state index contributed by atoms with van der Waals surface area (Å²) in [5.41, 5.74) is 1.86. The zero-order valence-corrected chi connectivity index (χ0v) is 15.3. The Balaban J connectivity index is 1.99. The van der Waals surface area contributed by atoms with Gasteiger partial charge in [-0.2, -0.15) is 0 Å². The van der Waals surface area contributed by atoms with E-state index in [0.717, 1.165) is 24.2 Å². The van der Waals surface area contributed by atoms with E-state index in [9.17, 15) is 9.59 Å². The first-order valence-electron chi connectivity index (χ1n) is 8.28. The molecule has 0 bridgehead atoms. The molecule has 1 amide bonds. The third-order valence-corrected chi connectivity index (χ3v) is 5.33. The van der Waals surface area contributed by atoms with Gasteiger partial charge in [0.1, 0.15) is 11.3 Å². The van der Waals surface area contributed by atoms with Gasteiger partial charge in [0.05, 0.1) is 18.2 Å². The van der Waals surface area contributed by atoms with Gasteiger partial charge in [0.25, 0.3) is 11.5 Å². The van der Waals surface area contributed by atoms with E-state index in [0.29, 0.717) is 22.8 Å². The van der Waals surface area contributed by atoms with Crippen LogP contribution in [0, 0.1) is 13.8 Å². The summed E-state index contributed by atoms with van der Waals surface area (Å²) in [6.07, 6.45) is 1.75. The van der Waals surface area contributed by atoms with Crippen molar-refractivity contribution in [1.29, 1.82) is 0 Å². The van der Waals surface area contributed by atoms with E-state index in [4.69, 9.17) is 16.3 Å². The second kappa shape index (κ2) is 6.92. The first-order valence-corrected chi connectivity index (χ1v) is 8.65. The van der Waals surface area contributed by atoms with Gasteiger partial charge < -0.3 is 14.6 Å². The fourth-order valence-electron chi connectivity index (χ4n) is 3.46. The maximum atomic E-state index is 13.1. The maximum absolute atomic E-state index is 13.1. The van der Waals surface area contributed by atoms with Crippen LogP contribution in [-0.2, 0) is 0 Å². The van der Waals surface area contributed by atoms with Crippen LogP contribution in [0.5, 0.6) is 5.75 Å².